The van der Waals surface area contributed by atoms with E-state index in [1.807, 2.05) is 12.1 Å². The monoisotopic (exact) mass is 490 g/mol. The topological polar surface area (TPSA) is 140 Å². The number of nitrogens with one attached hydrogen (secondary N) is 3. The van der Waals surface area contributed by atoms with Crippen molar-refractivity contribution in [1.82, 2.24) is 10.9 Å². The van der Waals surface area contributed by atoms with Crippen LogP contribution in [0.5, 0.6) is 5.75 Å². The highest BCUT2D eigenvalue weighted by molar-refractivity contribution is 6.04. The SMILES string of the molecule is CC(C)(C)c1ccc(C(=O)Nc2ccc(C(=O)NNC(=O)COc3ccc([N+](=O)[O-])cc3)cc2)cc1. The molecular weight excluding hydrogens is 464 g/mol. The van der Waals surface area contributed by atoms with E-state index in [0.29, 0.717) is 11.3 Å². The molecule has 0 aromatic heterocycles. The van der Waals surface area contributed by atoms with Crippen molar-refractivity contribution in [2.24, 2.45) is 0 Å². The maximum atomic E-state index is 12.5. The molecule has 3 rings (SSSR count). The maximum absolute atomic E-state index is 12.5. The third kappa shape index (κ3) is 7.13. The number of nitro benzene ring substituents is 1. The molecule has 0 aliphatic carbocycles. The third-order valence-corrected chi connectivity index (χ3v) is 5.15. The fraction of sp³-hybridized carbons (Fsp3) is 0.192. The summed E-state index contributed by atoms with van der Waals surface area (Å²) in [5.41, 5.74) is 6.80. The van der Waals surface area contributed by atoms with Crippen LogP contribution in [-0.2, 0) is 10.2 Å². The van der Waals surface area contributed by atoms with Gasteiger partial charge in [-0.25, -0.2) is 0 Å². The van der Waals surface area contributed by atoms with Gasteiger partial charge in [0, 0.05) is 28.9 Å². The van der Waals surface area contributed by atoms with E-state index in [1.165, 1.54) is 36.4 Å². The molecule has 3 aromatic carbocycles. The molecular formula is C26H26N4O6. The zero-order valence-electron chi connectivity index (χ0n) is 20.0. The van der Waals surface area contributed by atoms with Crippen LogP contribution in [0.1, 0.15) is 47.1 Å². The molecule has 0 spiro atoms. The summed E-state index contributed by atoms with van der Waals surface area (Å²) in [6.45, 7) is 5.89. The molecule has 0 radical (unpaired) electrons. The first-order valence-electron chi connectivity index (χ1n) is 11.0. The fourth-order valence-electron chi connectivity index (χ4n) is 3.08. The fourth-order valence-corrected chi connectivity index (χ4v) is 3.08. The van der Waals surface area contributed by atoms with Gasteiger partial charge in [0.25, 0.3) is 23.4 Å². The predicted molar refractivity (Wildman–Crippen MR) is 134 cm³/mol. The Hall–Kier alpha value is -4.73. The Kier molecular flexibility index (Phi) is 8.00. The lowest BCUT2D eigenvalue weighted by Gasteiger charge is -2.19. The van der Waals surface area contributed by atoms with Crippen molar-refractivity contribution in [1.29, 1.82) is 0 Å². The molecule has 36 heavy (non-hydrogen) atoms. The lowest BCUT2D eigenvalue weighted by Crippen LogP contribution is -2.43. The second-order valence-corrected chi connectivity index (χ2v) is 8.90. The second kappa shape index (κ2) is 11.1. The Balaban J connectivity index is 1.46. The Morgan fingerprint density at radius 1 is 0.806 bits per heavy atom. The van der Waals surface area contributed by atoms with Gasteiger partial charge in [0.15, 0.2) is 6.61 Å². The molecule has 0 atom stereocenters. The van der Waals surface area contributed by atoms with Crippen LogP contribution in [0.2, 0.25) is 0 Å². The Bertz CT molecular complexity index is 1250. The normalized spacial score (nSPS) is 10.8. The molecule has 3 amide bonds. The maximum Gasteiger partial charge on any atom is 0.276 e. The molecule has 186 valence electrons. The number of nitro groups is 1. The molecule has 0 saturated heterocycles. The molecule has 3 N–H and O–H groups in total. The van der Waals surface area contributed by atoms with E-state index in [2.05, 4.69) is 36.9 Å². The van der Waals surface area contributed by atoms with E-state index < -0.39 is 23.3 Å². The van der Waals surface area contributed by atoms with Gasteiger partial charge in [0.2, 0.25) is 0 Å². The summed E-state index contributed by atoms with van der Waals surface area (Å²) in [4.78, 5) is 46.8. The van der Waals surface area contributed by atoms with Gasteiger partial charge >= 0.3 is 0 Å². The van der Waals surface area contributed by atoms with Crippen LogP contribution < -0.4 is 20.9 Å². The molecule has 10 nitrogen and oxygen atoms in total. The van der Waals surface area contributed by atoms with E-state index >= 15 is 0 Å². The van der Waals surface area contributed by atoms with Crippen molar-refractivity contribution in [3.63, 3.8) is 0 Å². The summed E-state index contributed by atoms with van der Waals surface area (Å²) in [6.07, 6.45) is 0. The Morgan fingerprint density at radius 3 is 1.92 bits per heavy atom. The van der Waals surface area contributed by atoms with Crippen molar-refractivity contribution < 1.29 is 24.0 Å². The van der Waals surface area contributed by atoms with E-state index in [4.69, 9.17) is 4.74 Å². The second-order valence-electron chi connectivity index (χ2n) is 8.90. The van der Waals surface area contributed by atoms with Crippen molar-refractivity contribution >= 4 is 29.1 Å². The van der Waals surface area contributed by atoms with Gasteiger partial charge < -0.3 is 10.1 Å². The number of nitrogens with zero attached hydrogens (tertiary/aromatic N) is 1. The molecule has 0 bridgehead atoms. The van der Waals surface area contributed by atoms with Gasteiger partial charge in [-0.3, -0.25) is 35.3 Å². The van der Waals surface area contributed by atoms with Gasteiger partial charge in [0.05, 0.1) is 4.92 Å². The lowest BCUT2D eigenvalue weighted by molar-refractivity contribution is -0.384. The summed E-state index contributed by atoms with van der Waals surface area (Å²) in [7, 11) is 0. The number of hydrazine groups is 1. The van der Waals surface area contributed by atoms with Crippen LogP contribution in [0.4, 0.5) is 11.4 Å². The van der Waals surface area contributed by atoms with Crippen molar-refractivity contribution in [3.05, 3.63) is 99.6 Å². The summed E-state index contributed by atoms with van der Waals surface area (Å²) in [5.74, 6) is -1.18. The number of hydrogen-bond donors (Lipinski definition) is 3. The first-order valence-corrected chi connectivity index (χ1v) is 11.0. The van der Waals surface area contributed by atoms with Crippen LogP contribution in [-0.4, -0.2) is 29.3 Å². The minimum absolute atomic E-state index is 0.00884. The van der Waals surface area contributed by atoms with Crippen molar-refractivity contribution in [3.8, 4) is 5.75 Å². The average Bonchev–Trinajstić information content (AvgIpc) is 2.86. The van der Waals surface area contributed by atoms with Gasteiger partial charge in [0.1, 0.15) is 5.75 Å². The molecule has 0 aliphatic heterocycles. The smallest absolute Gasteiger partial charge is 0.276 e. The highest BCUT2D eigenvalue weighted by Crippen LogP contribution is 2.22. The number of carbonyl (C=O) groups is 3. The van der Waals surface area contributed by atoms with E-state index in [9.17, 15) is 24.5 Å². The molecule has 0 heterocycles. The van der Waals surface area contributed by atoms with E-state index in [0.717, 1.165) is 5.56 Å². The zero-order valence-corrected chi connectivity index (χ0v) is 20.0. The van der Waals surface area contributed by atoms with Crippen molar-refractivity contribution in [2.45, 2.75) is 26.2 Å². The van der Waals surface area contributed by atoms with Crippen LogP contribution in [0, 0.1) is 10.1 Å². The standard InChI is InChI=1S/C26H26N4O6/c1-26(2,3)19-8-4-17(5-9-19)24(32)27-20-10-6-18(7-11-20)25(33)29-28-23(31)16-36-22-14-12-21(13-15-22)30(34)35/h4-15H,16H2,1-3H3,(H,27,32)(H,28,31)(H,29,33). The van der Waals surface area contributed by atoms with Crippen LogP contribution in [0.15, 0.2) is 72.8 Å². The predicted octanol–water partition coefficient (Wildman–Crippen LogP) is 3.98. The van der Waals surface area contributed by atoms with Gasteiger partial charge in [-0.1, -0.05) is 32.9 Å². The average molecular weight is 491 g/mol. The number of anilines is 1. The highest BCUT2D eigenvalue weighted by Gasteiger charge is 2.15. The van der Waals surface area contributed by atoms with Gasteiger partial charge in [-0.2, -0.15) is 0 Å². The van der Waals surface area contributed by atoms with Crippen LogP contribution >= 0.6 is 0 Å². The number of ether oxygens (including phenoxy) is 1. The minimum Gasteiger partial charge on any atom is -0.484 e. The molecule has 0 fully saturated rings. The number of benzene rings is 3. The van der Waals surface area contributed by atoms with Gasteiger partial charge in [-0.05, 0) is 59.5 Å². The van der Waals surface area contributed by atoms with E-state index in [1.54, 1.807) is 24.3 Å². The first-order chi connectivity index (χ1) is 17.0. The highest BCUT2D eigenvalue weighted by atomic mass is 16.6. The van der Waals surface area contributed by atoms with Crippen LogP contribution in [0.3, 0.4) is 0 Å². The van der Waals surface area contributed by atoms with Crippen molar-refractivity contribution in [2.75, 3.05) is 11.9 Å². The molecule has 0 aliphatic rings. The number of amides is 3. The first kappa shape index (κ1) is 25.9. The van der Waals surface area contributed by atoms with E-state index in [-0.39, 0.29) is 28.3 Å². The summed E-state index contributed by atoms with van der Waals surface area (Å²) in [5, 5.41) is 13.4. The van der Waals surface area contributed by atoms with Crippen LogP contribution in [0.25, 0.3) is 0 Å². The number of carbonyl (C=O) groups excluding carboxylic acids is 3. The third-order valence-electron chi connectivity index (χ3n) is 5.15. The quantitative estimate of drug-likeness (QED) is 0.338. The van der Waals surface area contributed by atoms with Gasteiger partial charge in [-0.15, -0.1) is 0 Å². The summed E-state index contributed by atoms with van der Waals surface area (Å²) in [6, 6.07) is 18.8. The zero-order chi connectivity index (χ0) is 26.3. The molecule has 3 aromatic rings. The molecule has 10 heteroatoms. The Labute approximate surface area is 207 Å². The summed E-state index contributed by atoms with van der Waals surface area (Å²) < 4.78 is 5.23. The molecule has 0 unspecified atom stereocenters. The largest absolute Gasteiger partial charge is 0.484 e. The minimum atomic E-state index is -0.622. The molecule has 0 saturated carbocycles. The summed E-state index contributed by atoms with van der Waals surface area (Å²) >= 11 is 0. The number of non-ortho nitro benzene ring substituents is 1. The lowest BCUT2D eigenvalue weighted by atomic mass is 9.87. The number of rotatable bonds is 7. The number of hydrogen-bond acceptors (Lipinski definition) is 6. The Morgan fingerprint density at radius 2 is 1.36 bits per heavy atom.